The van der Waals surface area contributed by atoms with Gasteiger partial charge in [-0.15, -0.1) is 0 Å². The first-order valence-corrected chi connectivity index (χ1v) is 8.01. The summed E-state index contributed by atoms with van der Waals surface area (Å²) in [6.45, 7) is 0. The van der Waals surface area contributed by atoms with Crippen LogP contribution < -0.4 is 0 Å². The summed E-state index contributed by atoms with van der Waals surface area (Å²) in [6.07, 6.45) is 1.99. The quantitative estimate of drug-likeness (QED) is 0.655. The second-order valence-electron chi connectivity index (χ2n) is 4.51. The van der Waals surface area contributed by atoms with E-state index in [0.29, 0.717) is 0 Å². The summed E-state index contributed by atoms with van der Waals surface area (Å²) in [7, 11) is 0.198. The molecule has 1 atom stereocenters. The summed E-state index contributed by atoms with van der Waals surface area (Å²) in [4.78, 5) is 15.1. The SMILES string of the molecule is COC(=O)C(Cc1c[nH]c2ccccc12)P(=O)(OC)OC. The summed E-state index contributed by atoms with van der Waals surface area (Å²) >= 11 is 0. The molecule has 1 heterocycles. The highest BCUT2D eigenvalue weighted by Gasteiger charge is 2.41. The molecule has 21 heavy (non-hydrogen) atoms. The fourth-order valence-electron chi connectivity index (χ4n) is 2.30. The molecule has 0 saturated carbocycles. The third kappa shape index (κ3) is 3.02. The van der Waals surface area contributed by atoms with Crippen LogP contribution in [-0.4, -0.2) is 37.9 Å². The summed E-state index contributed by atoms with van der Waals surface area (Å²) in [6, 6.07) is 7.67. The van der Waals surface area contributed by atoms with Crippen molar-refractivity contribution in [2.75, 3.05) is 21.3 Å². The minimum absolute atomic E-state index is 0.204. The molecule has 2 aromatic rings. The normalized spacial score (nSPS) is 13.3. The van der Waals surface area contributed by atoms with Gasteiger partial charge in [-0.2, -0.15) is 0 Å². The maximum Gasteiger partial charge on any atom is 0.344 e. The Morgan fingerprint density at radius 1 is 1.24 bits per heavy atom. The zero-order valence-corrected chi connectivity index (χ0v) is 13.1. The van der Waals surface area contributed by atoms with Crippen molar-refractivity contribution in [3.63, 3.8) is 0 Å². The van der Waals surface area contributed by atoms with E-state index in [1.54, 1.807) is 6.20 Å². The Kier molecular flexibility index (Phi) is 4.83. The topological polar surface area (TPSA) is 77.6 Å². The van der Waals surface area contributed by atoms with Crippen molar-refractivity contribution in [2.24, 2.45) is 0 Å². The number of methoxy groups -OCH3 is 1. The van der Waals surface area contributed by atoms with Crippen LogP contribution >= 0.6 is 7.60 Å². The highest BCUT2D eigenvalue weighted by Crippen LogP contribution is 2.53. The van der Waals surface area contributed by atoms with Gasteiger partial charge >= 0.3 is 13.6 Å². The number of hydrogen-bond donors (Lipinski definition) is 1. The molecule has 1 aromatic heterocycles. The average molecular weight is 311 g/mol. The molecule has 0 radical (unpaired) electrons. The van der Waals surface area contributed by atoms with Crippen LogP contribution in [-0.2, 0) is 29.6 Å². The van der Waals surface area contributed by atoms with E-state index >= 15 is 0 Å². The van der Waals surface area contributed by atoms with E-state index in [4.69, 9.17) is 13.8 Å². The third-order valence-corrected chi connectivity index (χ3v) is 5.63. The van der Waals surface area contributed by atoms with Crippen LogP contribution in [0.25, 0.3) is 10.9 Å². The summed E-state index contributed by atoms with van der Waals surface area (Å²) in [5, 5.41) is 0.963. The molecule has 0 saturated heterocycles. The Hall–Kier alpha value is -1.62. The number of carbonyl (C=O) groups is 1. The predicted octanol–water partition coefficient (Wildman–Crippen LogP) is 2.74. The van der Waals surface area contributed by atoms with Crippen molar-refractivity contribution >= 4 is 24.5 Å². The minimum Gasteiger partial charge on any atom is -0.468 e. The highest BCUT2D eigenvalue weighted by molar-refractivity contribution is 7.55. The van der Waals surface area contributed by atoms with Crippen LogP contribution in [0.3, 0.4) is 0 Å². The van der Waals surface area contributed by atoms with Crippen LogP contribution in [0.5, 0.6) is 0 Å². The molecule has 1 N–H and O–H groups in total. The van der Waals surface area contributed by atoms with Crippen molar-refractivity contribution in [3.05, 3.63) is 36.0 Å². The molecule has 0 aliphatic heterocycles. The average Bonchev–Trinajstić information content (AvgIpc) is 2.94. The Bertz CT molecular complexity index is 673. The van der Waals surface area contributed by atoms with Gasteiger partial charge in [-0.05, 0) is 18.1 Å². The van der Waals surface area contributed by atoms with E-state index in [1.165, 1.54) is 21.3 Å². The molecular weight excluding hydrogens is 293 g/mol. The van der Waals surface area contributed by atoms with Gasteiger partial charge < -0.3 is 18.8 Å². The number of carbonyl (C=O) groups excluding carboxylic acids is 1. The maximum absolute atomic E-state index is 12.6. The van der Waals surface area contributed by atoms with Crippen LogP contribution in [0.1, 0.15) is 5.56 Å². The van der Waals surface area contributed by atoms with Gasteiger partial charge in [0.15, 0.2) is 5.66 Å². The van der Waals surface area contributed by atoms with E-state index < -0.39 is 19.2 Å². The molecule has 2 rings (SSSR count). The van der Waals surface area contributed by atoms with Gasteiger partial charge in [0.1, 0.15) is 0 Å². The number of H-pyrrole nitrogens is 1. The van der Waals surface area contributed by atoms with Gasteiger partial charge in [0.05, 0.1) is 7.11 Å². The molecule has 7 heteroatoms. The highest BCUT2D eigenvalue weighted by atomic mass is 31.2. The second kappa shape index (κ2) is 6.43. The number of para-hydroxylation sites is 1. The molecule has 0 aliphatic carbocycles. The molecule has 0 aliphatic rings. The molecule has 0 fully saturated rings. The van der Waals surface area contributed by atoms with Crippen molar-refractivity contribution in [3.8, 4) is 0 Å². The van der Waals surface area contributed by atoms with Gasteiger partial charge in [0.25, 0.3) is 0 Å². The Labute approximate surface area is 122 Å². The van der Waals surface area contributed by atoms with Crippen molar-refractivity contribution in [2.45, 2.75) is 12.1 Å². The van der Waals surface area contributed by atoms with Gasteiger partial charge in [-0.25, -0.2) is 0 Å². The zero-order chi connectivity index (χ0) is 15.5. The zero-order valence-electron chi connectivity index (χ0n) is 12.2. The van der Waals surface area contributed by atoms with Crippen LogP contribution in [0.2, 0.25) is 0 Å². The number of benzene rings is 1. The fraction of sp³-hybridized carbons (Fsp3) is 0.357. The number of nitrogens with one attached hydrogen (secondary N) is 1. The first-order valence-electron chi connectivity index (χ1n) is 6.39. The van der Waals surface area contributed by atoms with Gasteiger partial charge in [0.2, 0.25) is 0 Å². The number of hydrogen-bond acceptors (Lipinski definition) is 5. The molecule has 0 bridgehead atoms. The number of ether oxygens (including phenoxy) is 1. The summed E-state index contributed by atoms with van der Waals surface area (Å²) in [5.41, 5.74) is 0.799. The van der Waals surface area contributed by atoms with E-state index in [1.807, 2.05) is 24.3 Å². The van der Waals surface area contributed by atoms with Crippen LogP contribution in [0, 0.1) is 0 Å². The lowest BCUT2D eigenvalue weighted by Crippen LogP contribution is -2.26. The lowest BCUT2D eigenvalue weighted by atomic mass is 10.1. The van der Waals surface area contributed by atoms with Crippen LogP contribution in [0.15, 0.2) is 30.5 Å². The molecule has 6 nitrogen and oxygen atoms in total. The summed E-state index contributed by atoms with van der Waals surface area (Å²) < 4.78 is 27.2. The fourth-order valence-corrected chi connectivity index (χ4v) is 3.74. The molecule has 0 amide bonds. The standard InChI is InChI=1S/C14H18NO5P/c1-18-14(16)13(21(17,19-2)20-3)8-10-9-15-12-7-5-4-6-11(10)12/h4-7,9,13,15H,8H2,1-3H3. The monoisotopic (exact) mass is 311 g/mol. The molecule has 114 valence electrons. The molecular formula is C14H18NO5P. The van der Waals surface area contributed by atoms with Crippen molar-refractivity contribution in [1.82, 2.24) is 4.98 Å². The largest absolute Gasteiger partial charge is 0.468 e. The Morgan fingerprint density at radius 2 is 1.90 bits per heavy atom. The lowest BCUT2D eigenvalue weighted by molar-refractivity contribution is -0.140. The van der Waals surface area contributed by atoms with Gasteiger partial charge in [0, 0.05) is 31.3 Å². The lowest BCUT2D eigenvalue weighted by Gasteiger charge is -2.22. The molecule has 1 aromatic carbocycles. The van der Waals surface area contributed by atoms with Gasteiger partial charge in [-0.1, -0.05) is 18.2 Å². The second-order valence-corrected chi connectivity index (χ2v) is 6.94. The van der Waals surface area contributed by atoms with Crippen molar-refractivity contribution < 1.29 is 23.1 Å². The Morgan fingerprint density at radius 3 is 2.52 bits per heavy atom. The number of rotatable bonds is 6. The van der Waals surface area contributed by atoms with E-state index in [2.05, 4.69) is 4.98 Å². The van der Waals surface area contributed by atoms with E-state index in [0.717, 1.165) is 16.5 Å². The maximum atomic E-state index is 12.6. The number of esters is 1. The number of aromatic nitrogens is 1. The van der Waals surface area contributed by atoms with E-state index in [9.17, 15) is 9.36 Å². The predicted molar refractivity (Wildman–Crippen MR) is 79.4 cm³/mol. The number of aromatic amines is 1. The molecule has 0 spiro atoms. The number of fused-ring (bicyclic) bond motifs is 1. The third-order valence-electron chi connectivity index (χ3n) is 3.45. The smallest absolute Gasteiger partial charge is 0.344 e. The van der Waals surface area contributed by atoms with Gasteiger partial charge in [-0.3, -0.25) is 9.36 Å². The first-order chi connectivity index (χ1) is 10.1. The molecule has 1 unspecified atom stereocenters. The van der Waals surface area contributed by atoms with Crippen LogP contribution in [0.4, 0.5) is 0 Å². The van der Waals surface area contributed by atoms with E-state index in [-0.39, 0.29) is 6.42 Å². The Balaban J connectivity index is 2.39. The van der Waals surface area contributed by atoms with Crippen molar-refractivity contribution in [1.29, 1.82) is 0 Å². The summed E-state index contributed by atoms with van der Waals surface area (Å²) in [5.74, 6) is -0.618. The minimum atomic E-state index is -3.57. The first kappa shape index (κ1) is 15.8.